The molecule has 0 unspecified atom stereocenters. The molecule has 0 N–H and O–H groups in total. The molecule has 60 valence electrons. The molecule has 12 heavy (non-hydrogen) atoms. The van der Waals surface area contributed by atoms with E-state index in [2.05, 4.69) is 25.9 Å². The van der Waals surface area contributed by atoms with E-state index in [1.807, 2.05) is 12.1 Å². The lowest BCUT2D eigenvalue weighted by Crippen LogP contribution is -1.81. The first-order valence-corrected chi connectivity index (χ1v) is 4.49. The fraction of sp³-hybridized carbons (Fsp3) is 0. The van der Waals surface area contributed by atoms with Crippen LogP contribution >= 0.6 is 27.5 Å². The van der Waals surface area contributed by atoms with Crippen LogP contribution in [-0.4, -0.2) is 9.97 Å². The second kappa shape index (κ2) is 2.99. The molecule has 4 heteroatoms. The second-order valence-corrected chi connectivity index (χ2v) is 3.67. The number of rotatable bonds is 0. The van der Waals surface area contributed by atoms with E-state index in [0.29, 0.717) is 5.02 Å². The average molecular weight is 243 g/mol. The van der Waals surface area contributed by atoms with Gasteiger partial charge in [0.1, 0.15) is 6.33 Å². The Morgan fingerprint density at radius 3 is 3.00 bits per heavy atom. The Hall–Kier alpha value is -0.670. The smallest absolute Gasteiger partial charge is 0.116 e. The molecule has 0 atom stereocenters. The molecule has 0 aliphatic carbocycles. The molecule has 1 heterocycles. The molecule has 2 aromatic rings. The molecule has 0 spiro atoms. The number of benzene rings is 1. The lowest BCUT2D eigenvalue weighted by Gasteiger charge is -1.98. The molecule has 0 aliphatic rings. The number of hydrogen-bond acceptors (Lipinski definition) is 2. The molecule has 1 aromatic heterocycles. The highest BCUT2D eigenvalue weighted by molar-refractivity contribution is 9.10. The summed E-state index contributed by atoms with van der Waals surface area (Å²) in [6.45, 7) is 0. The first kappa shape index (κ1) is 7.95. The fourth-order valence-corrected chi connectivity index (χ4v) is 1.91. The van der Waals surface area contributed by atoms with Crippen LogP contribution in [0.3, 0.4) is 0 Å². The summed E-state index contributed by atoms with van der Waals surface area (Å²) >= 11 is 9.29. The standard InChI is InChI=1S/C8H4BrClN2/c9-6-1-5-3-11-4-12-8(5)7(10)2-6/h1-4H. The normalized spacial score (nSPS) is 10.5. The number of aromatic nitrogens is 2. The van der Waals surface area contributed by atoms with E-state index in [9.17, 15) is 0 Å². The summed E-state index contributed by atoms with van der Waals surface area (Å²) in [6, 6.07) is 3.75. The van der Waals surface area contributed by atoms with Gasteiger partial charge < -0.3 is 0 Å². The molecule has 0 saturated heterocycles. The minimum Gasteiger partial charge on any atom is -0.244 e. The van der Waals surface area contributed by atoms with Crippen LogP contribution in [0.5, 0.6) is 0 Å². The number of halogens is 2. The lowest BCUT2D eigenvalue weighted by molar-refractivity contribution is 1.22. The molecule has 0 saturated carbocycles. The van der Waals surface area contributed by atoms with Gasteiger partial charge in [0.05, 0.1) is 10.5 Å². The summed E-state index contributed by atoms with van der Waals surface area (Å²) in [5, 5.41) is 1.58. The van der Waals surface area contributed by atoms with Crippen LogP contribution < -0.4 is 0 Å². The molecule has 0 aliphatic heterocycles. The van der Waals surface area contributed by atoms with Crippen LogP contribution in [-0.2, 0) is 0 Å². The van der Waals surface area contributed by atoms with Gasteiger partial charge in [-0.1, -0.05) is 27.5 Å². The van der Waals surface area contributed by atoms with Gasteiger partial charge in [-0.2, -0.15) is 0 Å². The summed E-state index contributed by atoms with van der Waals surface area (Å²) < 4.78 is 0.940. The van der Waals surface area contributed by atoms with Crippen LogP contribution in [0.4, 0.5) is 0 Å². The highest BCUT2D eigenvalue weighted by atomic mass is 79.9. The highest BCUT2D eigenvalue weighted by Gasteiger charge is 2.00. The van der Waals surface area contributed by atoms with Gasteiger partial charge in [-0.05, 0) is 12.1 Å². The van der Waals surface area contributed by atoms with Crippen LogP contribution in [0.15, 0.2) is 29.1 Å². The van der Waals surface area contributed by atoms with E-state index < -0.39 is 0 Å². The molecular weight excluding hydrogens is 239 g/mol. The van der Waals surface area contributed by atoms with Gasteiger partial charge in [0.15, 0.2) is 0 Å². The second-order valence-electron chi connectivity index (χ2n) is 2.35. The van der Waals surface area contributed by atoms with Gasteiger partial charge in [0.2, 0.25) is 0 Å². The Bertz CT molecular complexity index is 430. The van der Waals surface area contributed by atoms with Gasteiger partial charge in [0.25, 0.3) is 0 Å². The zero-order chi connectivity index (χ0) is 8.55. The Labute approximate surface area is 82.7 Å². The van der Waals surface area contributed by atoms with E-state index in [1.165, 1.54) is 6.33 Å². The van der Waals surface area contributed by atoms with Crippen LogP contribution in [0, 0.1) is 0 Å². The SMILES string of the molecule is Clc1cc(Br)cc2cncnc12. The maximum absolute atomic E-state index is 5.94. The zero-order valence-electron chi connectivity index (χ0n) is 5.96. The molecule has 2 nitrogen and oxygen atoms in total. The largest absolute Gasteiger partial charge is 0.244 e. The first-order valence-electron chi connectivity index (χ1n) is 3.32. The fourth-order valence-electron chi connectivity index (χ4n) is 1.03. The van der Waals surface area contributed by atoms with E-state index >= 15 is 0 Å². The highest BCUT2D eigenvalue weighted by Crippen LogP contribution is 2.25. The lowest BCUT2D eigenvalue weighted by atomic mass is 10.2. The number of nitrogens with zero attached hydrogens (tertiary/aromatic N) is 2. The predicted octanol–water partition coefficient (Wildman–Crippen LogP) is 3.05. The maximum Gasteiger partial charge on any atom is 0.116 e. The van der Waals surface area contributed by atoms with Crippen molar-refractivity contribution in [3.8, 4) is 0 Å². The van der Waals surface area contributed by atoms with Crippen LogP contribution in [0.2, 0.25) is 5.02 Å². The third-order valence-corrected chi connectivity index (χ3v) is 2.27. The Morgan fingerprint density at radius 2 is 2.17 bits per heavy atom. The van der Waals surface area contributed by atoms with Gasteiger partial charge in [-0.3, -0.25) is 0 Å². The number of hydrogen-bond donors (Lipinski definition) is 0. The molecule has 0 bridgehead atoms. The summed E-state index contributed by atoms with van der Waals surface area (Å²) in [4.78, 5) is 7.96. The van der Waals surface area contributed by atoms with Gasteiger partial charge in [-0.15, -0.1) is 0 Å². The third kappa shape index (κ3) is 1.30. The van der Waals surface area contributed by atoms with Crippen molar-refractivity contribution in [2.75, 3.05) is 0 Å². The summed E-state index contributed by atoms with van der Waals surface area (Å²) in [6.07, 6.45) is 3.22. The van der Waals surface area contributed by atoms with Gasteiger partial charge >= 0.3 is 0 Å². The van der Waals surface area contributed by atoms with Crippen molar-refractivity contribution in [1.29, 1.82) is 0 Å². The molecule has 0 amide bonds. The molecule has 1 aromatic carbocycles. The van der Waals surface area contributed by atoms with Gasteiger partial charge in [0, 0.05) is 16.1 Å². The van der Waals surface area contributed by atoms with Crippen molar-refractivity contribution in [1.82, 2.24) is 9.97 Å². The Kier molecular flexibility index (Phi) is 1.98. The summed E-state index contributed by atoms with van der Waals surface area (Å²) in [5.74, 6) is 0. The summed E-state index contributed by atoms with van der Waals surface area (Å²) in [7, 11) is 0. The van der Waals surface area contributed by atoms with Crippen molar-refractivity contribution >= 4 is 38.4 Å². The van der Waals surface area contributed by atoms with Crippen LogP contribution in [0.25, 0.3) is 10.9 Å². The number of fused-ring (bicyclic) bond motifs is 1. The molecule has 2 rings (SSSR count). The third-order valence-electron chi connectivity index (χ3n) is 1.52. The van der Waals surface area contributed by atoms with Crippen LogP contribution in [0.1, 0.15) is 0 Å². The summed E-state index contributed by atoms with van der Waals surface area (Å²) in [5.41, 5.74) is 0.787. The van der Waals surface area contributed by atoms with Crippen molar-refractivity contribution in [3.05, 3.63) is 34.2 Å². The predicted molar refractivity (Wildman–Crippen MR) is 52.2 cm³/mol. The maximum atomic E-state index is 5.94. The van der Waals surface area contributed by atoms with Crippen molar-refractivity contribution in [2.45, 2.75) is 0 Å². The van der Waals surface area contributed by atoms with E-state index in [4.69, 9.17) is 11.6 Å². The van der Waals surface area contributed by atoms with Gasteiger partial charge in [-0.25, -0.2) is 9.97 Å². The monoisotopic (exact) mass is 242 g/mol. The zero-order valence-corrected chi connectivity index (χ0v) is 8.30. The average Bonchev–Trinajstić information content (AvgIpc) is 2.04. The minimum absolute atomic E-state index is 0.641. The first-order chi connectivity index (χ1) is 5.77. The molecule has 0 fully saturated rings. The molecule has 0 radical (unpaired) electrons. The van der Waals surface area contributed by atoms with Crippen molar-refractivity contribution in [2.24, 2.45) is 0 Å². The quantitative estimate of drug-likeness (QED) is 0.711. The Balaban J connectivity index is 2.89. The minimum atomic E-state index is 0.641. The van der Waals surface area contributed by atoms with E-state index in [-0.39, 0.29) is 0 Å². The molecular formula is C8H4BrClN2. The van der Waals surface area contributed by atoms with E-state index in [0.717, 1.165) is 15.4 Å². The van der Waals surface area contributed by atoms with Crippen molar-refractivity contribution in [3.63, 3.8) is 0 Å². The van der Waals surface area contributed by atoms with E-state index in [1.54, 1.807) is 6.20 Å². The topological polar surface area (TPSA) is 25.8 Å². The Morgan fingerprint density at radius 1 is 1.33 bits per heavy atom. The van der Waals surface area contributed by atoms with Crippen molar-refractivity contribution < 1.29 is 0 Å².